The smallest absolute Gasteiger partial charge is 0.303 e. The maximum Gasteiger partial charge on any atom is 0.303 e. The zero-order valence-corrected chi connectivity index (χ0v) is 14.9. The Balaban J connectivity index is 3.27. The molecule has 0 rings (SSSR count). The number of allylic oxidation sites excluding steroid dienone is 3. The fourth-order valence-electron chi connectivity index (χ4n) is 2.53. The fraction of sp³-hybridized carbons (Fsp3) is 0.750. The molecule has 0 bridgehead atoms. The average Bonchev–Trinajstić information content (AvgIpc) is 2.52. The van der Waals surface area contributed by atoms with E-state index in [2.05, 4.69) is 31.2 Å². The molecule has 0 aliphatic carbocycles. The first-order valence-corrected chi connectivity index (χ1v) is 9.36. The van der Waals surface area contributed by atoms with E-state index in [1.807, 2.05) is 0 Å². The highest BCUT2D eigenvalue weighted by Gasteiger charge is 2.01. The number of carboxylic acids is 1. The molecule has 0 aliphatic rings. The van der Waals surface area contributed by atoms with Gasteiger partial charge in [0.05, 0.1) is 6.10 Å². The lowest BCUT2D eigenvalue weighted by Gasteiger charge is -2.07. The van der Waals surface area contributed by atoms with Crippen LogP contribution in [0.3, 0.4) is 0 Å². The second kappa shape index (κ2) is 17.3. The summed E-state index contributed by atoms with van der Waals surface area (Å²) in [5.41, 5.74) is 0. The highest BCUT2D eigenvalue weighted by Crippen LogP contribution is 2.12. The molecule has 0 spiro atoms. The third-order valence-corrected chi connectivity index (χ3v) is 3.93. The predicted octanol–water partition coefficient (Wildman–Crippen LogP) is 5.64. The van der Waals surface area contributed by atoms with E-state index in [9.17, 15) is 9.90 Å². The first-order valence-electron chi connectivity index (χ1n) is 9.36. The molecule has 0 heterocycles. The molecule has 0 amide bonds. The van der Waals surface area contributed by atoms with Crippen molar-refractivity contribution in [1.82, 2.24) is 0 Å². The molecular weight excluding hydrogens is 288 g/mol. The maximum absolute atomic E-state index is 10.4. The molecule has 3 nitrogen and oxygen atoms in total. The zero-order chi connectivity index (χ0) is 17.2. The van der Waals surface area contributed by atoms with Gasteiger partial charge in [0, 0.05) is 6.42 Å². The summed E-state index contributed by atoms with van der Waals surface area (Å²) in [6.07, 6.45) is 21.3. The summed E-state index contributed by atoms with van der Waals surface area (Å²) < 4.78 is 0. The number of carboxylic acid groups (broad SMARTS) is 1. The number of hydrogen-bond donors (Lipinski definition) is 2. The third kappa shape index (κ3) is 18.9. The van der Waals surface area contributed by atoms with Crippen LogP contribution in [0.5, 0.6) is 0 Å². The van der Waals surface area contributed by atoms with Gasteiger partial charge in [-0.1, -0.05) is 76.2 Å². The Kier molecular flexibility index (Phi) is 16.4. The van der Waals surface area contributed by atoms with Crippen molar-refractivity contribution in [2.75, 3.05) is 0 Å². The van der Waals surface area contributed by atoms with E-state index in [4.69, 9.17) is 5.11 Å². The van der Waals surface area contributed by atoms with Crippen molar-refractivity contribution in [2.45, 2.75) is 96.5 Å². The molecule has 0 aromatic carbocycles. The molecule has 1 atom stereocenters. The number of hydrogen-bond acceptors (Lipinski definition) is 2. The van der Waals surface area contributed by atoms with E-state index in [-0.39, 0.29) is 6.10 Å². The third-order valence-electron chi connectivity index (χ3n) is 3.93. The van der Waals surface area contributed by atoms with Crippen LogP contribution >= 0.6 is 0 Å². The van der Waals surface area contributed by atoms with E-state index < -0.39 is 5.97 Å². The lowest BCUT2D eigenvalue weighted by molar-refractivity contribution is -0.137. The Morgan fingerprint density at radius 3 is 2.04 bits per heavy atom. The first kappa shape index (κ1) is 21.9. The number of unbranched alkanes of at least 4 members (excludes halogenated alkanes) is 7. The van der Waals surface area contributed by atoms with Gasteiger partial charge in [-0.2, -0.15) is 0 Å². The van der Waals surface area contributed by atoms with Crippen molar-refractivity contribution in [3.63, 3.8) is 0 Å². The summed E-state index contributed by atoms with van der Waals surface area (Å²) in [5.74, 6) is -0.684. The van der Waals surface area contributed by atoms with Gasteiger partial charge in [0.15, 0.2) is 0 Å². The Bertz CT molecular complexity index is 321. The van der Waals surface area contributed by atoms with Gasteiger partial charge in [0.1, 0.15) is 0 Å². The van der Waals surface area contributed by atoms with Crippen LogP contribution in [0.4, 0.5) is 0 Å². The van der Waals surface area contributed by atoms with E-state index in [1.54, 1.807) is 0 Å². The second-order valence-electron chi connectivity index (χ2n) is 6.24. The number of rotatable bonds is 16. The van der Waals surface area contributed by atoms with Crippen LogP contribution in [0.1, 0.15) is 90.4 Å². The molecule has 23 heavy (non-hydrogen) atoms. The van der Waals surface area contributed by atoms with E-state index in [0.717, 1.165) is 51.4 Å². The van der Waals surface area contributed by atoms with Crippen molar-refractivity contribution >= 4 is 5.97 Å². The number of aliphatic hydroxyl groups excluding tert-OH is 1. The van der Waals surface area contributed by atoms with Gasteiger partial charge in [0.25, 0.3) is 0 Å². The van der Waals surface area contributed by atoms with Gasteiger partial charge in [-0.3, -0.25) is 4.79 Å². The Morgan fingerprint density at radius 2 is 1.43 bits per heavy atom. The number of aliphatic carboxylic acids is 1. The maximum atomic E-state index is 10.4. The molecule has 3 heteroatoms. The minimum absolute atomic E-state index is 0.197. The van der Waals surface area contributed by atoms with Crippen LogP contribution in [0.25, 0.3) is 0 Å². The second-order valence-corrected chi connectivity index (χ2v) is 6.24. The summed E-state index contributed by atoms with van der Waals surface area (Å²) in [6.45, 7) is 2.13. The van der Waals surface area contributed by atoms with E-state index in [1.165, 1.54) is 25.7 Å². The molecule has 134 valence electrons. The van der Waals surface area contributed by atoms with Crippen molar-refractivity contribution in [1.29, 1.82) is 0 Å². The molecule has 1 unspecified atom stereocenters. The molecule has 0 saturated carbocycles. The van der Waals surface area contributed by atoms with Gasteiger partial charge in [-0.15, -0.1) is 0 Å². The van der Waals surface area contributed by atoms with E-state index in [0.29, 0.717) is 6.42 Å². The summed E-state index contributed by atoms with van der Waals surface area (Å²) in [5, 5.41) is 18.4. The monoisotopic (exact) mass is 324 g/mol. The largest absolute Gasteiger partial charge is 0.481 e. The highest BCUT2D eigenvalue weighted by atomic mass is 16.4. The summed E-state index contributed by atoms with van der Waals surface area (Å²) in [7, 11) is 0. The fourth-order valence-corrected chi connectivity index (χ4v) is 2.53. The van der Waals surface area contributed by atoms with Crippen molar-refractivity contribution in [2.24, 2.45) is 0 Å². The molecule has 0 saturated heterocycles. The van der Waals surface area contributed by atoms with Crippen LogP contribution in [0.15, 0.2) is 24.3 Å². The average molecular weight is 325 g/mol. The minimum atomic E-state index is -0.684. The molecule has 2 N–H and O–H groups in total. The SMILES string of the molecule is CCC=CCC=CCC(O)CCCCCCCCCCC(=O)O. The quantitative estimate of drug-likeness (QED) is 0.285. The molecule has 0 aromatic rings. The predicted molar refractivity (Wildman–Crippen MR) is 97.6 cm³/mol. The van der Waals surface area contributed by atoms with Crippen molar-refractivity contribution in [3.05, 3.63) is 24.3 Å². The Hall–Kier alpha value is -1.09. The zero-order valence-electron chi connectivity index (χ0n) is 14.9. The molecule has 0 aliphatic heterocycles. The van der Waals surface area contributed by atoms with Crippen molar-refractivity contribution < 1.29 is 15.0 Å². The van der Waals surface area contributed by atoms with Crippen molar-refractivity contribution in [3.8, 4) is 0 Å². The van der Waals surface area contributed by atoms with Crippen LogP contribution < -0.4 is 0 Å². The molecule has 0 radical (unpaired) electrons. The normalized spacial score (nSPS) is 13.1. The minimum Gasteiger partial charge on any atom is -0.481 e. The van der Waals surface area contributed by atoms with Gasteiger partial charge < -0.3 is 10.2 Å². The number of carbonyl (C=O) groups is 1. The van der Waals surface area contributed by atoms with Crippen LogP contribution in [0.2, 0.25) is 0 Å². The summed E-state index contributed by atoms with van der Waals surface area (Å²) in [6, 6.07) is 0. The standard InChI is InChI=1S/C20H36O3/c1-2-3-4-5-10-13-16-19(21)17-14-11-8-6-7-9-12-15-18-20(22)23/h3-4,10,13,19,21H,2,5-9,11-12,14-18H2,1H3,(H,22,23). The van der Waals surface area contributed by atoms with Gasteiger partial charge in [-0.25, -0.2) is 0 Å². The van der Waals surface area contributed by atoms with Gasteiger partial charge in [-0.05, 0) is 32.1 Å². The molecule has 0 aromatic heterocycles. The summed E-state index contributed by atoms with van der Waals surface area (Å²) in [4.78, 5) is 10.4. The Labute approximate surface area is 142 Å². The van der Waals surface area contributed by atoms with Crippen LogP contribution in [-0.2, 0) is 4.79 Å². The summed E-state index contributed by atoms with van der Waals surface area (Å²) >= 11 is 0. The van der Waals surface area contributed by atoms with Gasteiger partial charge >= 0.3 is 5.97 Å². The topological polar surface area (TPSA) is 57.5 Å². The highest BCUT2D eigenvalue weighted by molar-refractivity contribution is 5.66. The van der Waals surface area contributed by atoms with Crippen LogP contribution in [-0.4, -0.2) is 22.3 Å². The van der Waals surface area contributed by atoms with Gasteiger partial charge in [0.2, 0.25) is 0 Å². The van der Waals surface area contributed by atoms with E-state index >= 15 is 0 Å². The van der Waals surface area contributed by atoms with Crippen LogP contribution in [0, 0.1) is 0 Å². The lowest BCUT2D eigenvalue weighted by Crippen LogP contribution is -2.04. The molecule has 0 fully saturated rings. The number of aliphatic hydroxyl groups is 1. The molecular formula is C20H36O3. The first-order chi connectivity index (χ1) is 11.2. The Morgan fingerprint density at radius 1 is 0.870 bits per heavy atom. The lowest BCUT2D eigenvalue weighted by atomic mass is 10.0.